The number of rotatable bonds is 2. The predicted molar refractivity (Wildman–Crippen MR) is 91.8 cm³/mol. The van der Waals surface area contributed by atoms with Crippen LogP contribution in [0.2, 0.25) is 0 Å². The fourth-order valence-corrected chi connectivity index (χ4v) is 6.15. The fraction of sp³-hybridized carbons (Fsp3) is 0.700. The monoisotopic (exact) mass is 327 g/mol. The zero-order valence-corrected chi connectivity index (χ0v) is 14.8. The number of aliphatic hydroxyl groups is 1. The number of nitrogens with zero attached hydrogens (tertiary/aromatic N) is 2. The molecule has 4 unspecified atom stereocenters. The van der Waals surface area contributed by atoms with E-state index in [9.17, 15) is 5.11 Å². The van der Waals surface area contributed by atoms with Gasteiger partial charge in [0.2, 0.25) is 0 Å². The summed E-state index contributed by atoms with van der Waals surface area (Å²) in [6.45, 7) is 4.52. The summed E-state index contributed by atoms with van der Waals surface area (Å²) in [7, 11) is 1.64. The van der Waals surface area contributed by atoms with Crippen LogP contribution in [0, 0.1) is 28.6 Å². The molecular formula is C20H27N2O2. The third kappa shape index (κ3) is 1.87. The maximum absolute atomic E-state index is 11.0. The van der Waals surface area contributed by atoms with Crippen molar-refractivity contribution < 1.29 is 9.84 Å². The number of hydrogen-bond acceptors (Lipinski definition) is 3. The number of methoxy groups -OCH3 is 1. The maximum Gasteiger partial charge on any atom is 0.170 e. The topological polar surface area (TPSA) is 64.1 Å². The minimum Gasteiger partial charge on any atom is -0.365 e. The van der Waals surface area contributed by atoms with E-state index in [1.807, 2.05) is 6.08 Å². The molecule has 24 heavy (non-hydrogen) atoms. The molecule has 0 saturated heterocycles. The molecule has 0 heterocycles. The van der Waals surface area contributed by atoms with Gasteiger partial charge in [0.15, 0.2) is 5.79 Å². The zero-order valence-electron chi connectivity index (χ0n) is 14.8. The van der Waals surface area contributed by atoms with E-state index in [2.05, 4.69) is 43.3 Å². The van der Waals surface area contributed by atoms with Gasteiger partial charge in [0.25, 0.3) is 0 Å². The van der Waals surface area contributed by atoms with Gasteiger partial charge in [-0.1, -0.05) is 44.2 Å². The molecule has 0 aromatic carbocycles. The van der Waals surface area contributed by atoms with Gasteiger partial charge < -0.3 is 9.84 Å². The van der Waals surface area contributed by atoms with Crippen LogP contribution < -0.4 is 5.53 Å². The van der Waals surface area contributed by atoms with Crippen molar-refractivity contribution >= 4 is 0 Å². The Bertz CT molecular complexity index is 654. The predicted octanol–water partition coefficient (Wildman–Crippen LogP) is 3.46. The summed E-state index contributed by atoms with van der Waals surface area (Å²) >= 11 is 0. The molecule has 0 aromatic rings. The first-order chi connectivity index (χ1) is 11.4. The molecule has 1 N–H and O–H groups in total. The Morgan fingerprint density at radius 1 is 1.21 bits per heavy atom. The van der Waals surface area contributed by atoms with Crippen molar-refractivity contribution in [3.8, 4) is 0 Å². The summed E-state index contributed by atoms with van der Waals surface area (Å²) in [6.07, 6.45) is 14.7. The van der Waals surface area contributed by atoms with Crippen LogP contribution in [-0.2, 0) is 4.74 Å². The van der Waals surface area contributed by atoms with Crippen molar-refractivity contribution in [2.75, 3.05) is 7.11 Å². The molecule has 0 aromatic heterocycles. The zero-order chi connectivity index (χ0) is 17.2. The Hall–Kier alpha value is -1.26. The number of fused-ring (bicyclic) bond motifs is 5. The van der Waals surface area contributed by atoms with Crippen LogP contribution in [0.1, 0.15) is 39.5 Å². The Morgan fingerprint density at radius 3 is 2.67 bits per heavy atom. The lowest BCUT2D eigenvalue weighted by Gasteiger charge is -2.56. The van der Waals surface area contributed by atoms with Crippen molar-refractivity contribution in [1.29, 1.82) is 0 Å². The van der Waals surface area contributed by atoms with Crippen LogP contribution in [0.15, 0.2) is 41.1 Å². The lowest BCUT2D eigenvalue weighted by atomic mass is 9.50. The first kappa shape index (κ1) is 16.2. The Kier molecular flexibility index (Phi) is 3.46. The molecule has 7 atom stereocenters. The summed E-state index contributed by atoms with van der Waals surface area (Å²) in [5.41, 5.74) is 10.2. The van der Waals surface area contributed by atoms with Crippen LogP contribution in [0.25, 0.3) is 0 Å². The van der Waals surface area contributed by atoms with Crippen LogP contribution in [-0.4, -0.2) is 24.0 Å². The molecule has 4 heteroatoms. The van der Waals surface area contributed by atoms with Gasteiger partial charge in [0.05, 0.1) is 0 Å². The van der Waals surface area contributed by atoms with Crippen molar-refractivity contribution in [3.63, 3.8) is 0 Å². The van der Waals surface area contributed by atoms with Gasteiger partial charge in [-0.15, -0.1) is 0 Å². The quantitative estimate of drug-likeness (QED) is 0.479. The van der Waals surface area contributed by atoms with E-state index in [1.54, 1.807) is 7.11 Å². The van der Waals surface area contributed by atoms with E-state index < -0.39 is 5.79 Å². The number of hydrogen-bond donors (Lipinski definition) is 1. The van der Waals surface area contributed by atoms with E-state index in [0.717, 1.165) is 25.7 Å². The molecule has 129 valence electrons. The van der Waals surface area contributed by atoms with Crippen LogP contribution in [0.3, 0.4) is 0 Å². The van der Waals surface area contributed by atoms with E-state index in [-0.39, 0.29) is 16.9 Å². The second-order valence-corrected chi connectivity index (χ2v) is 8.50. The normalized spacial score (nSPS) is 52.2. The molecule has 4 aliphatic rings. The van der Waals surface area contributed by atoms with Gasteiger partial charge in [-0.2, -0.15) is 5.11 Å². The third-order valence-electron chi connectivity index (χ3n) is 7.76. The first-order valence-electron chi connectivity index (χ1n) is 9.09. The average Bonchev–Trinajstić information content (AvgIpc) is 2.86. The summed E-state index contributed by atoms with van der Waals surface area (Å²) < 4.78 is 5.58. The van der Waals surface area contributed by atoms with Crippen molar-refractivity contribution in [1.82, 2.24) is 5.53 Å². The maximum atomic E-state index is 11.0. The van der Waals surface area contributed by atoms with E-state index >= 15 is 0 Å². The molecule has 0 amide bonds. The summed E-state index contributed by atoms with van der Waals surface area (Å²) in [6, 6.07) is -0.229. The van der Waals surface area contributed by atoms with Gasteiger partial charge in [-0.3, -0.25) is 0 Å². The lowest BCUT2D eigenvalue weighted by Crippen LogP contribution is -2.54. The molecular weight excluding hydrogens is 300 g/mol. The second-order valence-electron chi connectivity index (χ2n) is 8.50. The molecule has 4 nitrogen and oxygen atoms in total. The van der Waals surface area contributed by atoms with Crippen LogP contribution in [0.5, 0.6) is 0 Å². The van der Waals surface area contributed by atoms with Crippen LogP contribution in [0.4, 0.5) is 0 Å². The Labute approximate surface area is 144 Å². The SMILES string of the molecule is CO[C@]1(O)CCC2C3C=CC4=CC(N=[N])C=C[C@]4(C)C3CC[C@@]21C. The molecule has 4 aliphatic carbocycles. The standard InChI is InChI=1S/C20H27N2O2/c1-18-9-6-14(22-21)12-13(18)4-5-15-16(18)7-10-19(2)17(15)8-11-20(19,23)24-3/h4-6,9,12,14-17,23H,7-8,10-11H2,1-3H3/t14?,15?,16?,17?,18-,19-,20+/m0/s1. The highest BCUT2D eigenvalue weighted by atomic mass is 16.6. The smallest absolute Gasteiger partial charge is 0.170 e. The van der Waals surface area contributed by atoms with Gasteiger partial charge in [0.1, 0.15) is 6.04 Å². The molecule has 0 bridgehead atoms. The van der Waals surface area contributed by atoms with Crippen molar-refractivity contribution in [2.45, 2.75) is 51.4 Å². The molecule has 2 saturated carbocycles. The summed E-state index contributed by atoms with van der Waals surface area (Å²) in [5.74, 6) is 0.449. The van der Waals surface area contributed by atoms with Gasteiger partial charge in [-0.05, 0) is 48.1 Å². The molecule has 1 radical (unpaired) electrons. The summed E-state index contributed by atoms with van der Waals surface area (Å²) in [5, 5.41) is 14.4. The highest BCUT2D eigenvalue weighted by Crippen LogP contribution is 2.65. The fourth-order valence-electron chi connectivity index (χ4n) is 6.15. The second kappa shape index (κ2) is 5.12. The minimum absolute atomic E-state index is 0.00425. The summed E-state index contributed by atoms with van der Waals surface area (Å²) in [4.78, 5) is 0. The van der Waals surface area contributed by atoms with E-state index in [0.29, 0.717) is 17.8 Å². The minimum atomic E-state index is -0.989. The van der Waals surface area contributed by atoms with E-state index in [1.165, 1.54) is 5.57 Å². The van der Waals surface area contributed by atoms with Gasteiger partial charge in [-0.25, -0.2) is 0 Å². The number of allylic oxidation sites excluding steroid dienone is 4. The first-order valence-corrected chi connectivity index (χ1v) is 9.09. The molecule has 2 fully saturated rings. The van der Waals surface area contributed by atoms with Crippen molar-refractivity contribution in [3.05, 3.63) is 36.0 Å². The van der Waals surface area contributed by atoms with Gasteiger partial charge in [0, 0.05) is 24.4 Å². The van der Waals surface area contributed by atoms with Crippen LogP contribution >= 0.6 is 0 Å². The Balaban J connectivity index is 1.73. The molecule has 0 aliphatic heterocycles. The largest absolute Gasteiger partial charge is 0.365 e. The average molecular weight is 327 g/mol. The third-order valence-corrected chi connectivity index (χ3v) is 7.76. The van der Waals surface area contributed by atoms with E-state index in [4.69, 9.17) is 10.3 Å². The lowest BCUT2D eigenvalue weighted by molar-refractivity contribution is -0.260. The molecule has 0 spiro atoms. The highest BCUT2D eigenvalue weighted by molar-refractivity contribution is 5.42. The van der Waals surface area contributed by atoms with Crippen molar-refractivity contribution in [2.24, 2.45) is 33.7 Å². The number of ether oxygens (including phenoxy) is 1. The Morgan fingerprint density at radius 2 is 1.96 bits per heavy atom. The molecule has 4 rings (SSSR count). The highest BCUT2D eigenvalue weighted by Gasteiger charge is 2.63. The van der Waals surface area contributed by atoms with Gasteiger partial charge >= 0.3 is 0 Å².